The Kier molecular flexibility index (Phi) is 6.69. The van der Waals surface area contributed by atoms with E-state index in [-0.39, 0.29) is 18.2 Å². The fourth-order valence-corrected chi connectivity index (χ4v) is 5.38. The normalized spacial score (nSPS) is 22.2. The van der Waals surface area contributed by atoms with Crippen LogP contribution in [0.1, 0.15) is 32.1 Å². The maximum absolute atomic E-state index is 12.8. The highest BCUT2D eigenvalue weighted by Gasteiger charge is 2.36. The third kappa shape index (κ3) is 5.83. The molecule has 2 fully saturated rings. The Morgan fingerprint density at radius 1 is 1.00 bits per heavy atom. The zero-order valence-electron chi connectivity index (χ0n) is 15.8. The molecule has 1 aromatic carbocycles. The van der Waals surface area contributed by atoms with E-state index in [0.717, 1.165) is 31.4 Å². The first-order valence-electron chi connectivity index (χ1n) is 9.57. The Balaban J connectivity index is 1.59. The van der Waals surface area contributed by atoms with Crippen molar-refractivity contribution in [3.8, 4) is 5.75 Å². The number of carbonyl (C=O) groups is 1. The largest absolute Gasteiger partial charge is 0.573 e. The number of ether oxygens (including phenoxy) is 1. The molecule has 0 aromatic heterocycles. The molecule has 162 valence electrons. The fraction of sp³-hybridized carbons (Fsp3) is 0.611. The van der Waals surface area contributed by atoms with Crippen LogP contribution in [0.25, 0.3) is 0 Å². The summed E-state index contributed by atoms with van der Waals surface area (Å²) in [5.41, 5.74) is 0.320. The van der Waals surface area contributed by atoms with Gasteiger partial charge in [-0.1, -0.05) is 6.42 Å². The SMILES string of the molecule is O=C(Nc1ccc(OC(F)(F)F)cc1)C1CCCN(S(=O)(=O)N2CCCCC2)C1. The molecule has 1 aromatic rings. The zero-order valence-corrected chi connectivity index (χ0v) is 16.6. The van der Waals surface area contributed by atoms with Crippen LogP contribution in [-0.2, 0) is 15.0 Å². The van der Waals surface area contributed by atoms with E-state index < -0.39 is 22.5 Å². The molecule has 2 saturated heterocycles. The Morgan fingerprint density at radius 3 is 2.24 bits per heavy atom. The number of hydrogen-bond donors (Lipinski definition) is 1. The van der Waals surface area contributed by atoms with Gasteiger partial charge < -0.3 is 10.1 Å². The molecule has 1 atom stereocenters. The van der Waals surface area contributed by atoms with Crippen molar-refractivity contribution in [3.05, 3.63) is 24.3 Å². The van der Waals surface area contributed by atoms with Gasteiger partial charge in [-0.25, -0.2) is 0 Å². The van der Waals surface area contributed by atoms with Gasteiger partial charge in [0.25, 0.3) is 10.2 Å². The molecule has 11 heteroatoms. The number of benzene rings is 1. The van der Waals surface area contributed by atoms with Crippen molar-refractivity contribution in [2.45, 2.75) is 38.5 Å². The third-order valence-corrected chi connectivity index (χ3v) is 7.08. The van der Waals surface area contributed by atoms with Crippen molar-refractivity contribution in [3.63, 3.8) is 0 Å². The fourth-order valence-electron chi connectivity index (χ4n) is 3.61. The van der Waals surface area contributed by atoms with E-state index in [1.807, 2.05) is 0 Å². The molecule has 29 heavy (non-hydrogen) atoms. The lowest BCUT2D eigenvalue weighted by Crippen LogP contribution is -2.50. The van der Waals surface area contributed by atoms with Crippen LogP contribution in [0, 0.1) is 5.92 Å². The van der Waals surface area contributed by atoms with Crippen LogP contribution in [0.3, 0.4) is 0 Å². The summed E-state index contributed by atoms with van der Waals surface area (Å²) in [4.78, 5) is 12.6. The van der Waals surface area contributed by atoms with Crippen LogP contribution in [0.15, 0.2) is 24.3 Å². The van der Waals surface area contributed by atoms with Crippen molar-refractivity contribution in [1.82, 2.24) is 8.61 Å². The van der Waals surface area contributed by atoms with Gasteiger partial charge in [0.2, 0.25) is 5.91 Å². The molecule has 2 aliphatic heterocycles. The van der Waals surface area contributed by atoms with Crippen molar-refractivity contribution >= 4 is 21.8 Å². The Hall–Kier alpha value is -1.85. The first-order valence-corrected chi connectivity index (χ1v) is 11.0. The average molecular weight is 435 g/mol. The smallest absolute Gasteiger partial charge is 0.406 e. The molecule has 1 unspecified atom stereocenters. The summed E-state index contributed by atoms with van der Waals surface area (Å²) >= 11 is 0. The number of piperidine rings is 2. The molecule has 2 heterocycles. The number of alkyl halides is 3. The lowest BCUT2D eigenvalue weighted by atomic mass is 9.99. The minimum atomic E-state index is -4.78. The van der Waals surface area contributed by atoms with Crippen molar-refractivity contribution < 1.29 is 31.1 Å². The molecule has 1 N–H and O–H groups in total. The van der Waals surface area contributed by atoms with Crippen LogP contribution >= 0.6 is 0 Å². The summed E-state index contributed by atoms with van der Waals surface area (Å²) < 4.78 is 69.0. The topological polar surface area (TPSA) is 79.0 Å². The maximum Gasteiger partial charge on any atom is 0.573 e. The highest BCUT2D eigenvalue weighted by atomic mass is 32.2. The zero-order chi connectivity index (χ0) is 21.1. The van der Waals surface area contributed by atoms with E-state index in [4.69, 9.17) is 0 Å². The van der Waals surface area contributed by atoms with Crippen molar-refractivity contribution in [2.75, 3.05) is 31.5 Å². The summed E-state index contributed by atoms with van der Waals surface area (Å²) in [6.45, 7) is 1.48. The highest BCUT2D eigenvalue weighted by Crippen LogP contribution is 2.26. The number of rotatable bonds is 5. The van der Waals surface area contributed by atoms with E-state index in [9.17, 15) is 26.4 Å². The minimum absolute atomic E-state index is 0.0972. The number of nitrogens with zero attached hydrogens (tertiary/aromatic N) is 2. The van der Waals surface area contributed by atoms with E-state index >= 15 is 0 Å². The van der Waals surface area contributed by atoms with Gasteiger partial charge in [-0.15, -0.1) is 13.2 Å². The van der Waals surface area contributed by atoms with Gasteiger partial charge in [0, 0.05) is 31.9 Å². The van der Waals surface area contributed by atoms with Crippen LogP contribution in [-0.4, -0.2) is 55.5 Å². The molecule has 3 rings (SSSR count). The number of nitrogens with one attached hydrogen (secondary N) is 1. The molecule has 0 saturated carbocycles. The summed E-state index contributed by atoms with van der Waals surface area (Å²) in [5.74, 6) is -1.26. The molecule has 7 nitrogen and oxygen atoms in total. The molecule has 0 aliphatic carbocycles. The van der Waals surface area contributed by atoms with E-state index in [1.165, 1.54) is 20.7 Å². The molecule has 1 amide bonds. The molecule has 0 bridgehead atoms. The maximum atomic E-state index is 12.8. The molecular formula is C18H24F3N3O4S. The predicted octanol–water partition coefficient (Wildman–Crippen LogP) is 2.97. The van der Waals surface area contributed by atoms with Gasteiger partial charge in [0.15, 0.2) is 0 Å². The second-order valence-electron chi connectivity index (χ2n) is 7.23. The van der Waals surface area contributed by atoms with E-state index in [0.29, 0.717) is 38.2 Å². The Bertz CT molecular complexity index is 809. The number of halogens is 3. The second kappa shape index (κ2) is 8.88. The number of amides is 1. The summed E-state index contributed by atoms with van der Waals surface area (Å²) in [7, 11) is -3.58. The van der Waals surface area contributed by atoms with E-state index in [1.54, 1.807) is 0 Å². The molecular weight excluding hydrogens is 411 g/mol. The molecule has 0 radical (unpaired) electrons. The van der Waals surface area contributed by atoms with Gasteiger partial charge in [-0.05, 0) is 49.9 Å². The van der Waals surface area contributed by atoms with Crippen LogP contribution in [0.2, 0.25) is 0 Å². The van der Waals surface area contributed by atoms with Crippen molar-refractivity contribution in [1.29, 1.82) is 0 Å². The van der Waals surface area contributed by atoms with Gasteiger partial charge in [0.05, 0.1) is 5.92 Å². The lowest BCUT2D eigenvalue weighted by Gasteiger charge is -2.36. The van der Waals surface area contributed by atoms with E-state index in [2.05, 4.69) is 10.1 Å². The third-order valence-electron chi connectivity index (χ3n) is 5.08. The van der Waals surface area contributed by atoms with Gasteiger partial charge in [-0.3, -0.25) is 4.79 Å². The first kappa shape index (κ1) is 21.8. The van der Waals surface area contributed by atoms with Gasteiger partial charge in [0.1, 0.15) is 5.75 Å². The predicted molar refractivity (Wildman–Crippen MR) is 100 cm³/mol. The summed E-state index contributed by atoms with van der Waals surface area (Å²) in [6, 6.07) is 4.84. The number of hydrogen-bond acceptors (Lipinski definition) is 4. The average Bonchev–Trinajstić information content (AvgIpc) is 2.69. The monoisotopic (exact) mass is 435 g/mol. The Morgan fingerprint density at radius 2 is 1.62 bits per heavy atom. The van der Waals surface area contributed by atoms with Crippen molar-refractivity contribution in [2.24, 2.45) is 5.92 Å². The molecule has 2 aliphatic rings. The molecule has 0 spiro atoms. The standard InChI is InChI=1S/C18H24F3N3O4S/c19-18(20,21)28-16-8-6-15(7-9-16)22-17(25)14-5-4-12-24(13-14)29(26,27)23-10-2-1-3-11-23/h6-9,14H,1-5,10-13H2,(H,22,25). The Labute approximate surface area is 168 Å². The highest BCUT2D eigenvalue weighted by molar-refractivity contribution is 7.86. The lowest BCUT2D eigenvalue weighted by molar-refractivity contribution is -0.274. The minimum Gasteiger partial charge on any atom is -0.406 e. The van der Waals surface area contributed by atoms with Crippen LogP contribution < -0.4 is 10.1 Å². The van der Waals surface area contributed by atoms with Gasteiger partial charge >= 0.3 is 6.36 Å². The quantitative estimate of drug-likeness (QED) is 0.771. The number of anilines is 1. The van der Waals surface area contributed by atoms with Crippen LogP contribution in [0.5, 0.6) is 5.75 Å². The van der Waals surface area contributed by atoms with Crippen LogP contribution in [0.4, 0.5) is 18.9 Å². The van der Waals surface area contributed by atoms with Gasteiger partial charge in [-0.2, -0.15) is 17.0 Å². The second-order valence-corrected chi connectivity index (χ2v) is 9.15. The summed E-state index contributed by atoms with van der Waals surface area (Å²) in [6.07, 6.45) is -0.966. The summed E-state index contributed by atoms with van der Waals surface area (Å²) in [5, 5.41) is 2.64. The number of carbonyl (C=O) groups excluding carboxylic acids is 1. The first-order chi connectivity index (χ1) is 13.6.